The topological polar surface area (TPSA) is 43.4 Å². The molecule has 0 bridgehead atoms. The molecule has 0 fully saturated rings. The standard InChI is InChI=1S/C15H24O3/c1-2-12-18-15(17)11-6-4-3-5-8-13-9-7-10-14(13)16/h9H,2-8,10-12H2,1H3. The number of carbonyl (C=O) groups excluding carboxylic acids is 2. The Morgan fingerprint density at radius 2 is 2.06 bits per heavy atom. The van der Waals surface area contributed by atoms with Crippen LogP contribution in [0.3, 0.4) is 0 Å². The Kier molecular flexibility index (Phi) is 7.38. The fraction of sp³-hybridized carbons (Fsp3) is 0.733. The average Bonchev–Trinajstić information content (AvgIpc) is 2.77. The Bertz CT molecular complexity index is 305. The summed E-state index contributed by atoms with van der Waals surface area (Å²) in [6.07, 6.45) is 10.1. The smallest absolute Gasteiger partial charge is 0.305 e. The van der Waals surface area contributed by atoms with Crippen LogP contribution in [0.1, 0.15) is 64.7 Å². The zero-order chi connectivity index (χ0) is 13.2. The molecular formula is C15H24O3. The lowest BCUT2D eigenvalue weighted by atomic mass is 10.0. The van der Waals surface area contributed by atoms with Gasteiger partial charge in [0.1, 0.15) is 0 Å². The van der Waals surface area contributed by atoms with Gasteiger partial charge in [0, 0.05) is 12.8 Å². The second-order valence-corrected chi connectivity index (χ2v) is 4.83. The van der Waals surface area contributed by atoms with Gasteiger partial charge in [0.2, 0.25) is 0 Å². The minimum Gasteiger partial charge on any atom is -0.466 e. The van der Waals surface area contributed by atoms with Crippen LogP contribution in [0.2, 0.25) is 0 Å². The van der Waals surface area contributed by atoms with Crippen LogP contribution in [0.4, 0.5) is 0 Å². The number of Topliss-reactive ketones (excluding diaryl/α,β-unsaturated/α-hetero) is 1. The van der Waals surface area contributed by atoms with Crippen molar-refractivity contribution in [1.29, 1.82) is 0 Å². The van der Waals surface area contributed by atoms with Crippen molar-refractivity contribution in [3.05, 3.63) is 11.6 Å². The maximum atomic E-state index is 11.4. The molecule has 0 aromatic carbocycles. The van der Waals surface area contributed by atoms with Crippen molar-refractivity contribution in [3.8, 4) is 0 Å². The molecule has 0 spiro atoms. The van der Waals surface area contributed by atoms with E-state index in [0.717, 1.165) is 50.5 Å². The van der Waals surface area contributed by atoms with Crippen LogP contribution in [-0.2, 0) is 14.3 Å². The van der Waals surface area contributed by atoms with Crippen molar-refractivity contribution < 1.29 is 14.3 Å². The lowest BCUT2D eigenvalue weighted by Crippen LogP contribution is -2.04. The second-order valence-electron chi connectivity index (χ2n) is 4.83. The number of allylic oxidation sites excluding steroid dienone is 2. The van der Waals surface area contributed by atoms with E-state index in [4.69, 9.17) is 4.74 Å². The van der Waals surface area contributed by atoms with Gasteiger partial charge in [0.15, 0.2) is 5.78 Å². The van der Waals surface area contributed by atoms with Gasteiger partial charge in [-0.3, -0.25) is 9.59 Å². The maximum Gasteiger partial charge on any atom is 0.305 e. The molecule has 102 valence electrons. The van der Waals surface area contributed by atoms with Crippen LogP contribution >= 0.6 is 0 Å². The fourth-order valence-electron chi connectivity index (χ4n) is 2.12. The van der Waals surface area contributed by atoms with E-state index >= 15 is 0 Å². The van der Waals surface area contributed by atoms with Gasteiger partial charge in [-0.1, -0.05) is 25.8 Å². The Balaban J connectivity index is 1.92. The molecule has 0 aromatic rings. The van der Waals surface area contributed by atoms with Crippen LogP contribution in [0.25, 0.3) is 0 Å². The quantitative estimate of drug-likeness (QED) is 0.465. The normalized spacial score (nSPS) is 14.7. The fourth-order valence-corrected chi connectivity index (χ4v) is 2.12. The highest BCUT2D eigenvalue weighted by Gasteiger charge is 2.13. The number of unbranched alkanes of at least 4 members (excludes halogenated alkanes) is 3. The Morgan fingerprint density at radius 1 is 1.28 bits per heavy atom. The highest BCUT2D eigenvalue weighted by Crippen LogP contribution is 2.20. The predicted molar refractivity (Wildman–Crippen MR) is 71.3 cm³/mol. The summed E-state index contributed by atoms with van der Waals surface area (Å²) in [6, 6.07) is 0. The molecule has 0 heterocycles. The van der Waals surface area contributed by atoms with E-state index in [1.165, 1.54) is 0 Å². The largest absolute Gasteiger partial charge is 0.466 e. The molecule has 3 nitrogen and oxygen atoms in total. The molecule has 0 unspecified atom stereocenters. The van der Waals surface area contributed by atoms with Crippen molar-refractivity contribution in [3.63, 3.8) is 0 Å². The van der Waals surface area contributed by atoms with E-state index in [0.29, 0.717) is 25.2 Å². The number of hydrogen-bond donors (Lipinski definition) is 0. The summed E-state index contributed by atoms with van der Waals surface area (Å²) in [4.78, 5) is 22.6. The molecule has 1 aliphatic rings. The van der Waals surface area contributed by atoms with Gasteiger partial charge in [-0.2, -0.15) is 0 Å². The van der Waals surface area contributed by atoms with Gasteiger partial charge in [-0.25, -0.2) is 0 Å². The van der Waals surface area contributed by atoms with E-state index in [1.54, 1.807) is 0 Å². The van der Waals surface area contributed by atoms with Gasteiger partial charge in [0.05, 0.1) is 6.61 Å². The predicted octanol–water partition coefficient (Wildman–Crippen LogP) is 3.57. The van der Waals surface area contributed by atoms with Gasteiger partial charge < -0.3 is 4.74 Å². The number of rotatable bonds is 9. The number of hydrogen-bond acceptors (Lipinski definition) is 3. The van der Waals surface area contributed by atoms with Crippen LogP contribution in [-0.4, -0.2) is 18.4 Å². The molecule has 0 aliphatic heterocycles. The third kappa shape index (κ3) is 5.99. The molecule has 0 amide bonds. The lowest BCUT2D eigenvalue weighted by Gasteiger charge is -2.03. The minimum absolute atomic E-state index is 0.0782. The van der Waals surface area contributed by atoms with E-state index in [2.05, 4.69) is 6.08 Å². The number of esters is 1. The summed E-state index contributed by atoms with van der Waals surface area (Å²) in [6.45, 7) is 2.53. The van der Waals surface area contributed by atoms with Crippen molar-refractivity contribution >= 4 is 11.8 Å². The van der Waals surface area contributed by atoms with Crippen LogP contribution in [0.5, 0.6) is 0 Å². The zero-order valence-electron chi connectivity index (χ0n) is 11.4. The van der Waals surface area contributed by atoms with Crippen molar-refractivity contribution in [1.82, 2.24) is 0 Å². The highest BCUT2D eigenvalue weighted by molar-refractivity contribution is 5.97. The number of carbonyl (C=O) groups is 2. The average molecular weight is 252 g/mol. The van der Waals surface area contributed by atoms with Crippen molar-refractivity contribution in [2.24, 2.45) is 0 Å². The number of ether oxygens (including phenoxy) is 1. The summed E-state index contributed by atoms with van der Waals surface area (Å²) < 4.78 is 5.00. The van der Waals surface area contributed by atoms with E-state index < -0.39 is 0 Å². The summed E-state index contributed by atoms with van der Waals surface area (Å²) in [5, 5.41) is 0. The number of ketones is 1. The first-order chi connectivity index (χ1) is 8.74. The summed E-state index contributed by atoms with van der Waals surface area (Å²) in [5.74, 6) is 0.253. The Hall–Kier alpha value is -1.12. The third-order valence-corrected chi connectivity index (χ3v) is 3.16. The van der Waals surface area contributed by atoms with Gasteiger partial charge in [-0.15, -0.1) is 0 Å². The van der Waals surface area contributed by atoms with Crippen molar-refractivity contribution in [2.75, 3.05) is 6.61 Å². The minimum atomic E-state index is -0.0782. The first-order valence-electron chi connectivity index (χ1n) is 7.12. The monoisotopic (exact) mass is 252 g/mol. The van der Waals surface area contributed by atoms with E-state index in [9.17, 15) is 9.59 Å². The lowest BCUT2D eigenvalue weighted by molar-refractivity contribution is -0.143. The Morgan fingerprint density at radius 3 is 2.72 bits per heavy atom. The summed E-state index contributed by atoms with van der Waals surface area (Å²) in [7, 11) is 0. The van der Waals surface area contributed by atoms with Crippen molar-refractivity contribution in [2.45, 2.75) is 64.7 Å². The van der Waals surface area contributed by atoms with E-state index in [-0.39, 0.29) is 5.97 Å². The first kappa shape index (κ1) is 14.9. The summed E-state index contributed by atoms with van der Waals surface area (Å²) >= 11 is 0. The van der Waals surface area contributed by atoms with Gasteiger partial charge in [-0.05, 0) is 37.7 Å². The molecule has 0 atom stereocenters. The molecule has 1 aliphatic carbocycles. The van der Waals surface area contributed by atoms with Gasteiger partial charge in [0.25, 0.3) is 0 Å². The molecule has 0 N–H and O–H groups in total. The third-order valence-electron chi connectivity index (χ3n) is 3.16. The maximum absolute atomic E-state index is 11.4. The van der Waals surface area contributed by atoms with Gasteiger partial charge >= 0.3 is 5.97 Å². The molecule has 18 heavy (non-hydrogen) atoms. The molecule has 0 saturated carbocycles. The molecule has 0 saturated heterocycles. The van der Waals surface area contributed by atoms with Crippen LogP contribution < -0.4 is 0 Å². The first-order valence-corrected chi connectivity index (χ1v) is 7.12. The van der Waals surface area contributed by atoms with E-state index in [1.807, 2.05) is 6.92 Å². The molecule has 1 rings (SSSR count). The molecule has 3 heteroatoms. The van der Waals surface area contributed by atoms with Crippen LogP contribution in [0.15, 0.2) is 11.6 Å². The zero-order valence-corrected chi connectivity index (χ0v) is 11.4. The molecule has 0 radical (unpaired) electrons. The SMILES string of the molecule is CCCOC(=O)CCCCCCC1=CCCC1=O. The molecule has 0 aromatic heterocycles. The summed E-state index contributed by atoms with van der Waals surface area (Å²) in [5.41, 5.74) is 1.03. The van der Waals surface area contributed by atoms with Crippen LogP contribution in [0, 0.1) is 0 Å². The Labute approximate surface area is 110 Å². The molecular weight excluding hydrogens is 228 g/mol. The highest BCUT2D eigenvalue weighted by atomic mass is 16.5. The second kappa shape index (κ2) is 8.90.